The third kappa shape index (κ3) is 2.40. The predicted octanol–water partition coefficient (Wildman–Crippen LogP) is 3.68. The Morgan fingerprint density at radius 1 is 1.50 bits per heavy atom. The normalized spacial score (nSPS) is 25.4. The first-order valence-electron chi connectivity index (χ1n) is 7.80. The summed E-state index contributed by atoms with van der Waals surface area (Å²) < 4.78 is 0. The molecule has 3 rings (SSSR count). The van der Waals surface area contributed by atoms with Gasteiger partial charge >= 0.3 is 0 Å². The summed E-state index contributed by atoms with van der Waals surface area (Å²) in [4.78, 5) is 14.9. The standard InChI is InChI=1S/C16H24N2OS/c1-3-4-5-6-12(2)18-14(13-7-10-20-11-13)17-16(8-9-16)15(18)19/h7,10-12,14,17H,3-6,8-9H2,1-2H3. The van der Waals surface area contributed by atoms with Gasteiger partial charge in [-0.25, -0.2) is 0 Å². The van der Waals surface area contributed by atoms with E-state index in [0.29, 0.717) is 11.9 Å². The van der Waals surface area contributed by atoms with Crippen LogP contribution in [0.1, 0.15) is 64.1 Å². The van der Waals surface area contributed by atoms with Crippen LogP contribution < -0.4 is 5.32 Å². The molecule has 0 radical (unpaired) electrons. The molecule has 2 unspecified atom stereocenters. The molecule has 1 aromatic heterocycles. The van der Waals surface area contributed by atoms with Crippen LogP contribution in [0.25, 0.3) is 0 Å². The summed E-state index contributed by atoms with van der Waals surface area (Å²) in [7, 11) is 0. The molecule has 1 aliphatic heterocycles. The second-order valence-corrected chi connectivity index (χ2v) is 7.02. The lowest BCUT2D eigenvalue weighted by Gasteiger charge is -2.30. The van der Waals surface area contributed by atoms with E-state index >= 15 is 0 Å². The summed E-state index contributed by atoms with van der Waals surface area (Å²) in [6.07, 6.45) is 6.91. The number of nitrogens with one attached hydrogen (secondary N) is 1. The fourth-order valence-electron chi connectivity index (χ4n) is 3.20. The van der Waals surface area contributed by atoms with Crippen molar-refractivity contribution in [1.29, 1.82) is 0 Å². The van der Waals surface area contributed by atoms with E-state index in [9.17, 15) is 4.79 Å². The van der Waals surface area contributed by atoms with Gasteiger partial charge in [-0.15, -0.1) is 0 Å². The van der Waals surface area contributed by atoms with Gasteiger partial charge in [-0.2, -0.15) is 11.3 Å². The highest BCUT2D eigenvalue weighted by atomic mass is 32.1. The molecule has 3 nitrogen and oxygen atoms in total. The molecular weight excluding hydrogens is 268 g/mol. The number of carbonyl (C=O) groups is 1. The van der Waals surface area contributed by atoms with Gasteiger partial charge in [0.15, 0.2) is 0 Å². The molecule has 1 N–H and O–H groups in total. The van der Waals surface area contributed by atoms with Crippen LogP contribution >= 0.6 is 11.3 Å². The number of carbonyl (C=O) groups excluding carboxylic acids is 1. The second kappa shape index (κ2) is 5.49. The second-order valence-electron chi connectivity index (χ2n) is 6.24. The van der Waals surface area contributed by atoms with Gasteiger partial charge in [-0.05, 0) is 48.6 Å². The molecule has 0 aromatic carbocycles. The van der Waals surface area contributed by atoms with Gasteiger partial charge in [-0.1, -0.05) is 26.2 Å². The monoisotopic (exact) mass is 292 g/mol. The van der Waals surface area contributed by atoms with Gasteiger partial charge in [0.25, 0.3) is 0 Å². The zero-order valence-corrected chi connectivity index (χ0v) is 13.2. The molecule has 1 aliphatic carbocycles. The summed E-state index contributed by atoms with van der Waals surface area (Å²) in [5.41, 5.74) is 1.03. The van der Waals surface area contributed by atoms with Crippen LogP contribution in [0.4, 0.5) is 0 Å². The Labute approximate surface area is 125 Å². The summed E-state index contributed by atoms with van der Waals surface area (Å²) >= 11 is 1.71. The van der Waals surface area contributed by atoms with Crippen molar-refractivity contribution in [2.45, 2.75) is 70.1 Å². The highest BCUT2D eigenvalue weighted by Gasteiger charge is 2.60. The highest BCUT2D eigenvalue weighted by Crippen LogP contribution is 2.47. The van der Waals surface area contributed by atoms with Crippen molar-refractivity contribution in [1.82, 2.24) is 10.2 Å². The Bertz CT molecular complexity index is 467. The molecule has 2 fully saturated rings. The van der Waals surface area contributed by atoms with E-state index in [-0.39, 0.29) is 11.7 Å². The maximum atomic E-state index is 12.7. The van der Waals surface area contributed by atoms with Crippen molar-refractivity contribution < 1.29 is 4.79 Å². The van der Waals surface area contributed by atoms with Crippen molar-refractivity contribution >= 4 is 17.2 Å². The fraction of sp³-hybridized carbons (Fsp3) is 0.688. The Morgan fingerprint density at radius 2 is 2.30 bits per heavy atom. The first-order chi connectivity index (χ1) is 9.68. The Morgan fingerprint density at radius 3 is 2.90 bits per heavy atom. The Balaban J connectivity index is 1.76. The van der Waals surface area contributed by atoms with Crippen LogP contribution in [0.5, 0.6) is 0 Å². The molecule has 1 saturated carbocycles. The minimum atomic E-state index is -0.217. The topological polar surface area (TPSA) is 32.3 Å². The predicted molar refractivity (Wildman–Crippen MR) is 82.6 cm³/mol. The molecular formula is C16H24N2OS. The van der Waals surface area contributed by atoms with Crippen LogP contribution in [0.3, 0.4) is 0 Å². The van der Waals surface area contributed by atoms with E-state index < -0.39 is 0 Å². The maximum absolute atomic E-state index is 12.7. The number of hydrogen-bond donors (Lipinski definition) is 1. The first-order valence-corrected chi connectivity index (χ1v) is 8.75. The molecule has 0 bridgehead atoms. The summed E-state index contributed by atoms with van der Waals surface area (Å²) in [5, 5.41) is 7.86. The third-order valence-electron chi connectivity index (χ3n) is 4.64. The Kier molecular flexibility index (Phi) is 3.87. The molecule has 1 aromatic rings. The van der Waals surface area contributed by atoms with Crippen molar-refractivity contribution in [2.24, 2.45) is 0 Å². The number of amides is 1. The number of thiophene rings is 1. The summed E-state index contributed by atoms with van der Waals surface area (Å²) in [6.45, 7) is 4.43. The SMILES string of the molecule is CCCCCC(C)N1C(=O)C2(CC2)NC1c1ccsc1. The van der Waals surface area contributed by atoms with Gasteiger partial charge < -0.3 is 4.90 Å². The van der Waals surface area contributed by atoms with Crippen LogP contribution in [0, 0.1) is 0 Å². The zero-order valence-electron chi connectivity index (χ0n) is 12.4. The van der Waals surface area contributed by atoms with Crippen LogP contribution in [0.15, 0.2) is 16.8 Å². The molecule has 4 heteroatoms. The van der Waals surface area contributed by atoms with E-state index in [1.807, 2.05) is 0 Å². The summed E-state index contributed by atoms with van der Waals surface area (Å²) in [5.74, 6) is 0.331. The van der Waals surface area contributed by atoms with E-state index in [1.54, 1.807) is 11.3 Å². The maximum Gasteiger partial charge on any atom is 0.244 e. The van der Waals surface area contributed by atoms with Crippen LogP contribution in [0.2, 0.25) is 0 Å². The summed E-state index contributed by atoms with van der Waals surface area (Å²) in [6, 6.07) is 2.47. The number of unbranched alkanes of at least 4 members (excludes halogenated alkanes) is 2. The van der Waals surface area contributed by atoms with E-state index in [0.717, 1.165) is 19.3 Å². The molecule has 1 saturated heterocycles. The van der Waals surface area contributed by atoms with Gasteiger partial charge in [0, 0.05) is 6.04 Å². The number of rotatable bonds is 6. The lowest BCUT2D eigenvalue weighted by molar-refractivity contribution is -0.132. The van der Waals surface area contributed by atoms with Crippen molar-refractivity contribution in [2.75, 3.05) is 0 Å². The number of hydrogen-bond acceptors (Lipinski definition) is 3. The molecule has 2 aliphatic rings. The van der Waals surface area contributed by atoms with Crippen molar-refractivity contribution in [3.63, 3.8) is 0 Å². The van der Waals surface area contributed by atoms with Gasteiger partial charge in [0.2, 0.25) is 5.91 Å². The minimum Gasteiger partial charge on any atom is -0.319 e. The molecule has 20 heavy (non-hydrogen) atoms. The van der Waals surface area contributed by atoms with E-state index in [2.05, 4.69) is 40.9 Å². The third-order valence-corrected chi connectivity index (χ3v) is 5.35. The average molecular weight is 292 g/mol. The van der Waals surface area contributed by atoms with Crippen LogP contribution in [-0.4, -0.2) is 22.4 Å². The quantitative estimate of drug-likeness (QED) is 0.811. The molecule has 2 heterocycles. The van der Waals surface area contributed by atoms with Crippen LogP contribution in [-0.2, 0) is 4.79 Å². The fourth-order valence-corrected chi connectivity index (χ4v) is 3.88. The first kappa shape index (κ1) is 14.1. The largest absolute Gasteiger partial charge is 0.319 e. The number of nitrogens with zero attached hydrogens (tertiary/aromatic N) is 1. The van der Waals surface area contributed by atoms with Gasteiger partial charge in [-0.3, -0.25) is 10.1 Å². The highest BCUT2D eigenvalue weighted by molar-refractivity contribution is 7.07. The smallest absolute Gasteiger partial charge is 0.244 e. The van der Waals surface area contributed by atoms with Crippen molar-refractivity contribution in [3.8, 4) is 0 Å². The molecule has 1 spiro atoms. The lowest BCUT2D eigenvalue weighted by Crippen LogP contribution is -2.38. The Hall–Kier alpha value is -0.870. The lowest BCUT2D eigenvalue weighted by atomic mass is 10.1. The molecule has 1 amide bonds. The van der Waals surface area contributed by atoms with Crippen molar-refractivity contribution in [3.05, 3.63) is 22.4 Å². The average Bonchev–Trinajstić information content (AvgIpc) is 2.91. The molecule has 110 valence electrons. The molecule has 2 atom stereocenters. The van der Waals surface area contributed by atoms with Gasteiger partial charge in [0.1, 0.15) is 11.7 Å². The van der Waals surface area contributed by atoms with E-state index in [4.69, 9.17) is 0 Å². The minimum absolute atomic E-state index is 0.0906. The van der Waals surface area contributed by atoms with E-state index in [1.165, 1.54) is 24.8 Å². The van der Waals surface area contributed by atoms with Gasteiger partial charge in [0.05, 0.1) is 0 Å². The zero-order chi connectivity index (χ0) is 14.2.